The first kappa shape index (κ1) is 16.3. The highest BCUT2D eigenvalue weighted by Crippen LogP contribution is 2.36. The van der Waals surface area contributed by atoms with E-state index in [4.69, 9.17) is 14.6 Å². The minimum absolute atomic E-state index is 0.137. The zero-order valence-corrected chi connectivity index (χ0v) is 13.2. The topological polar surface area (TPSA) is 96.4 Å². The van der Waals surface area contributed by atoms with Gasteiger partial charge in [-0.1, -0.05) is 12.1 Å². The van der Waals surface area contributed by atoms with E-state index in [1.165, 1.54) is 12.0 Å². The van der Waals surface area contributed by atoms with Crippen molar-refractivity contribution in [1.29, 1.82) is 0 Å². The summed E-state index contributed by atoms with van der Waals surface area (Å²) in [6, 6.07) is 6.05. The molecule has 2 amide bonds. The number of anilines is 1. The molecule has 2 aliphatic heterocycles. The molecule has 8 nitrogen and oxygen atoms in total. The lowest BCUT2D eigenvalue weighted by Gasteiger charge is -2.30. The quantitative estimate of drug-likeness (QED) is 0.840. The molecular formula is C16H18N2O6. The molecule has 1 aromatic carbocycles. The largest absolute Gasteiger partial charge is 0.486 e. The number of aliphatic carboxylic acids is 1. The molecule has 0 spiro atoms. The predicted molar refractivity (Wildman–Crippen MR) is 82.8 cm³/mol. The lowest BCUT2D eigenvalue weighted by Crippen LogP contribution is -2.50. The smallest absolute Gasteiger partial charge is 0.323 e. The van der Waals surface area contributed by atoms with E-state index in [-0.39, 0.29) is 25.2 Å². The van der Waals surface area contributed by atoms with Crippen LogP contribution in [0.15, 0.2) is 24.3 Å². The fourth-order valence-electron chi connectivity index (χ4n) is 3.16. The molecular weight excluding hydrogens is 316 g/mol. The average Bonchev–Trinajstić information content (AvgIpc) is 2.97. The molecule has 2 bridgehead atoms. The second-order valence-corrected chi connectivity index (χ2v) is 5.76. The second kappa shape index (κ2) is 6.48. The van der Waals surface area contributed by atoms with Gasteiger partial charge in [-0.05, 0) is 12.1 Å². The van der Waals surface area contributed by atoms with Crippen molar-refractivity contribution in [1.82, 2.24) is 4.90 Å². The number of carboxylic acids is 1. The van der Waals surface area contributed by atoms with E-state index in [1.807, 2.05) is 0 Å². The number of para-hydroxylation sites is 2. The number of nitrogens with zero attached hydrogens (tertiary/aromatic N) is 2. The maximum atomic E-state index is 12.9. The number of fused-ring (bicyclic) bond motifs is 3. The van der Waals surface area contributed by atoms with Gasteiger partial charge in [0, 0.05) is 13.5 Å². The van der Waals surface area contributed by atoms with E-state index in [0.717, 1.165) is 4.90 Å². The number of amides is 2. The van der Waals surface area contributed by atoms with Crippen molar-refractivity contribution in [3.05, 3.63) is 24.3 Å². The summed E-state index contributed by atoms with van der Waals surface area (Å²) in [7, 11) is 1.41. The van der Waals surface area contributed by atoms with Gasteiger partial charge in [-0.2, -0.15) is 0 Å². The number of carboxylic acid groups (broad SMARTS) is 1. The normalized spacial score (nSPS) is 22.5. The van der Waals surface area contributed by atoms with Crippen LogP contribution in [0, 0.1) is 0 Å². The van der Waals surface area contributed by atoms with Crippen molar-refractivity contribution >= 4 is 23.5 Å². The van der Waals surface area contributed by atoms with Gasteiger partial charge in [0.15, 0.2) is 0 Å². The van der Waals surface area contributed by atoms with Crippen molar-refractivity contribution in [3.8, 4) is 5.75 Å². The van der Waals surface area contributed by atoms with Gasteiger partial charge in [-0.25, -0.2) is 0 Å². The molecule has 8 heteroatoms. The Bertz CT molecular complexity index is 676. The van der Waals surface area contributed by atoms with Crippen molar-refractivity contribution in [2.45, 2.75) is 18.6 Å². The minimum atomic E-state index is -1.14. The SMILES string of the molecule is COCC(=O)N1C[C@@H]2C[C@H]1C(=O)N(CC(=O)O)c1ccccc1O2. The standard InChI is InChI=1S/C16H18N2O6/c1-23-9-14(19)17-7-10-6-12(17)16(22)18(8-15(20)21)11-4-2-3-5-13(11)24-10/h2-5,10,12H,6-9H2,1H3,(H,20,21)/t10-,12-/m0/s1. The number of likely N-dealkylation sites (tertiary alicyclic amines) is 1. The first-order chi connectivity index (χ1) is 11.5. The second-order valence-electron chi connectivity index (χ2n) is 5.76. The summed E-state index contributed by atoms with van der Waals surface area (Å²) in [5, 5.41) is 9.16. The Hall–Kier alpha value is -2.61. The fourth-order valence-corrected chi connectivity index (χ4v) is 3.16. The molecule has 3 rings (SSSR count). The zero-order valence-electron chi connectivity index (χ0n) is 13.2. The Balaban J connectivity index is 1.99. The number of ether oxygens (including phenoxy) is 2. The molecule has 1 N–H and O–H groups in total. The lowest BCUT2D eigenvalue weighted by molar-refractivity contribution is -0.141. The van der Waals surface area contributed by atoms with Gasteiger partial charge in [0.05, 0.1) is 12.2 Å². The molecule has 128 valence electrons. The molecule has 2 aliphatic rings. The summed E-state index contributed by atoms with van der Waals surface area (Å²) in [4.78, 5) is 39.0. The molecule has 1 fully saturated rings. The Kier molecular flexibility index (Phi) is 4.39. The Morgan fingerprint density at radius 2 is 2.12 bits per heavy atom. The third-order valence-corrected chi connectivity index (χ3v) is 4.15. The van der Waals surface area contributed by atoms with Crippen LogP contribution in [0.1, 0.15) is 6.42 Å². The van der Waals surface area contributed by atoms with Crippen LogP contribution >= 0.6 is 0 Å². The van der Waals surface area contributed by atoms with E-state index >= 15 is 0 Å². The third kappa shape index (κ3) is 2.92. The molecule has 24 heavy (non-hydrogen) atoms. The molecule has 0 saturated carbocycles. The molecule has 0 unspecified atom stereocenters. The molecule has 0 aromatic heterocycles. The maximum Gasteiger partial charge on any atom is 0.323 e. The number of methoxy groups -OCH3 is 1. The van der Waals surface area contributed by atoms with Crippen molar-refractivity contribution in [2.75, 3.05) is 31.7 Å². The predicted octanol–water partition coefficient (Wildman–Crippen LogP) is 0.113. The summed E-state index contributed by atoms with van der Waals surface area (Å²) in [5.74, 6) is -1.43. The fraction of sp³-hybridized carbons (Fsp3) is 0.438. The van der Waals surface area contributed by atoms with Gasteiger partial charge >= 0.3 is 5.97 Å². The Morgan fingerprint density at radius 3 is 2.83 bits per heavy atom. The molecule has 1 saturated heterocycles. The van der Waals surface area contributed by atoms with Gasteiger partial charge in [0.25, 0.3) is 5.91 Å². The minimum Gasteiger partial charge on any atom is -0.486 e. The summed E-state index contributed by atoms with van der Waals surface area (Å²) in [6.45, 7) is -0.358. The van der Waals surface area contributed by atoms with E-state index in [1.54, 1.807) is 24.3 Å². The van der Waals surface area contributed by atoms with Crippen LogP contribution < -0.4 is 9.64 Å². The molecule has 2 heterocycles. The lowest BCUT2D eigenvalue weighted by atomic mass is 10.1. The highest BCUT2D eigenvalue weighted by Gasteiger charge is 2.45. The van der Waals surface area contributed by atoms with Crippen molar-refractivity contribution in [2.24, 2.45) is 0 Å². The summed E-state index contributed by atoms with van der Waals surface area (Å²) in [5.41, 5.74) is 0.403. The number of rotatable bonds is 4. The van der Waals surface area contributed by atoms with Crippen LogP contribution in [-0.4, -0.2) is 66.7 Å². The van der Waals surface area contributed by atoms with E-state index in [9.17, 15) is 14.4 Å². The van der Waals surface area contributed by atoms with E-state index in [0.29, 0.717) is 17.9 Å². The van der Waals surface area contributed by atoms with Gasteiger partial charge in [0.2, 0.25) is 5.91 Å². The van der Waals surface area contributed by atoms with Crippen LogP contribution in [0.2, 0.25) is 0 Å². The van der Waals surface area contributed by atoms with E-state index in [2.05, 4.69) is 0 Å². The average molecular weight is 334 g/mol. The molecule has 1 aromatic rings. The van der Waals surface area contributed by atoms with Crippen LogP contribution in [0.4, 0.5) is 5.69 Å². The number of carbonyl (C=O) groups is 3. The highest BCUT2D eigenvalue weighted by molar-refractivity contribution is 6.03. The first-order valence-electron chi connectivity index (χ1n) is 7.58. The van der Waals surface area contributed by atoms with Crippen molar-refractivity contribution in [3.63, 3.8) is 0 Å². The highest BCUT2D eigenvalue weighted by atomic mass is 16.5. The van der Waals surface area contributed by atoms with Crippen LogP contribution in [-0.2, 0) is 19.1 Å². The van der Waals surface area contributed by atoms with Crippen LogP contribution in [0.5, 0.6) is 5.75 Å². The maximum absolute atomic E-state index is 12.9. The molecule has 0 radical (unpaired) electrons. The summed E-state index contributed by atoms with van der Waals surface area (Å²) < 4.78 is 10.8. The number of benzene rings is 1. The zero-order chi connectivity index (χ0) is 17.3. The van der Waals surface area contributed by atoms with Gasteiger partial charge in [-0.3, -0.25) is 19.3 Å². The Labute approximate surface area is 138 Å². The Morgan fingerprint density at radius 1 is 1.38 bits per heavy atom. The van der Waals surface area contributed by atoms with Gasteiger partial charge in [0.1, 0.15) is 31.0 Å². The first-order valence-corrected chi connectivity index (χ1v) is 7.58. The molecule has 0 aliphatic carbocycles. The summed E-state index contributed by atoms with van der Waals surface area (Å²) >= 11 is 0. The van der Waals surface area contributed by atoms with Gasteiger partial charge < -0.3 is 19.5 Å². The van der Waals surface area contributed by atoms with Crippen LogP contribution in [0.3, 0.4) is 0 Å². The monoisotopic (exact) mass is 334 g/mol. The van der Waals surface area contributed by atoms with Crippen LogP contribution in [0.25, 0.3) is 0 Å². The molecule has 2 atom stereocenters. The third-order valence-electron chi connectivity index (χ3n) is 4.15. The number of carbonyl (C=O) groups excluding carboxylic acids is 2. The van der Waals surface area contributed by atoms with Gasteiger partial charge in [-0.15, -0.1) is 0 Å². The summed E-state index contributed by atoms with van der Waals surface area (Å²) in [6.07, 6.45) is 0.0199. The number of hydrogen-bond acceptors (Lipinski definition) is 5. The van der Waals surface area contributed by atoms with E-state index < -0.39 is 24.5 Å². The number of hydrogen-bond donors (Lipinski definition) is 1. The van der Waals surface area contributed by atoms with Crippen molar-refractivity contribution < 1.29 is 29.0 Å².